The molecule has 1 rings (SSSR count). The van der Waals surface area contributed by atoms with Crippen LogP contribution < -0.4 is 5.73 Å². The van der Waals surface area contributed by atoms with Crippen molar-refractivity contribution in [1.29, 1.82) is 0 Å². The third kappa shape index (κ3) is 1.19. The Kier molecular flexibility index (Phi) is 2.06. The van der Waals surface area contributed by atoms with Crippen molar-refractivity contribution in [3.05, 3.63) is 17.5 Å². The topological polar surface area (TPSA) is 52.0 Å². The monoisotopic (exact) mass is 140 g/mol. The van der Waals surface area contributed by atoms with E-state index in [0.29, 0.717) is 12.5 Å². The van der Waals surface area contributed by atoms with Gasteiger partial charge in [-0.15, -0.1) is 0 Å². The maximum atomic E-state index is 5.43. The molecule has 3 nitrogen and oxygen atoms in total. The molecule has 3 heteroatoms. The van der Waals surface area contributed by atoms with E-state index < -0.39 is 0 Å². The van der Waals surface area contributed by atoms with Gasteiger partial charge < -0.3 is 10.3 Å². The number of hydrogen-bond acceptors (Lipinski definition) is 3. The molecule has 0 spiro atoms. The molecule has 0 saturated carbocycles. The smallest absolute Gasteiger partial charge is 0.128 e. The number of nitrogens with two attached hydrogens (primary N) is 1. The fraction of sp³-hybridized carbons (Fsp3) is 0.571. The van der Waals surface area contributed by atoms with Crippen molar-refractivity contribution >= 4 is 0 Å². The van der Waals surface area contributed by atoms with Gasteiger partial charge in [-0.2, -0.15) is 0 Å². The minimum atomic E-state index is 0.400. The van der Waals surface area contributed by atoms with E-state index in [9.17, 15) is 0 Å². The molecule has 0 aliphatic carbocycles. The van der Waals surface area contributed by atoms with Crippen LogP contribution in [0.5, 0.6) is 0 Å². The molecule has 0 saturated heterocycles. The molecule has 2 N–H and O–H groups in total. The average molecular weight is 140 g/mol. The van der Waals surface area contributed by atoms with Crippen molar-refractivity contribution in [2.75, 3.05) is 0 Å². The normalized spacial score (nSPS) is 10.8. The van der Waals surface area contributed by atoms with Crippen LogP contribution in [0, 0.1) is 0 Å². The molecule has 1 heterocycles. The molecular weight excluding hydrogens is 128 g/mol. The van der Waals surface area contributed by atoms with Gasteiger partial charge >= 0.3 is 0 Å². The summed E-state index contributed by atoms with van der Waals surface area (Å²) in [5.74, 6) is 0.400. The Labute approximate surface area is 60.2 Å². The van der Waals surface area contributed by atoms with Gasteiger partial charge in [0, 0.05) is 12.1 Å². The Morgan fingerprint density at radius 1 is 1.70 bits per heavy atom. The molecular formula is C7H12N2O. The lowest BCUT2D eigenvalue weighted by Gasteiger charge is -1.99. The van der Waals surface area contributed by atoms with Crippen LogP contribution in [-0.2, 0) is 6.54 Å². The summed E-state index contributed by atoms with van der Waals surface area (Å²) in [6, 6.07) is 0. The first-order valence-electron chi connectivity index (χ1n) is 3.39. The predicted molar refractivity (Wildman–Crippen MR) is 38.5 cm³/mol. The van der Waals surface area contributed by atoms with Crippen molar-refractivity contribution in [3.8, 4) is 0 Å². The summed E-state index contributed by atoms with van der Waals surface area (Å²) in [4.78, 5) is 0. The first kappa shape index (κ1) is 7.28. The Morgan fingerprint density at radius 2 is 2.40 bits per heavy atom. The lowest BCUT2D eigenvalue weighted by atomic mass is 10.1. The molecule has 56 valence electrons. The highest BCUT2D eigenvalue weighted by molar-refractivity contribution is 5.17. The Hall–Kier alpha value is -0.830. The second-order valence-electron chi connectivity index (χ2n) is 2.58. The predicted octanol–water partition coefficient (Wildman–Crippen LogP) is 1.26. The zero-order valence-corrected chi connectivity index (χ0v) is 6.29. The van der Waals surface area contributed by atoms with E-state index in [2.05, 4.69) is 19.0 Å². The maximum absolute atomic E-state index is 5.43. The number of rotatable bonds is 2. The second kappa shape index (κ2) is 2.84. The van der Waals surface area contributed by atoms with Crippen LogP contribution in [0.3, 0.4) is 0 Å². The van der Waals surface area contributed by atoms with Crippen LogP contribution in [0.2, 0.25) is 0 Å². The average Bonchev–Trinajstić information content (AvgIpc) is 2.33. The van der Waals surface area contributed by atoms with E-state index in [1.54, 1.807) is 6.26 Å². The van der Waals surface area contributed by atoms with Gasteiger partial charge in [-0.25, -0.2) is 0 Å². The molecule has 0 aliphatic heterocycles. The van der Waals surface area contributed by atoms with E-state index in [-0.39, 0.29) is 0 Å². The molecule has 1 aromatic rings. The van der Waals surface area contributed by atoms with Crippen LogP contribution in [0.4, 0.5) is 0 Å². The SMILES string of the molecule is CC(C)c1nocc1CN. The zero-order valence-electron chi connectivity index (χ0n) is 6.29. The van der Waals surface area contributed by atoms with Crippen molar-refractivity contribution < 1.29 is 4.52 Å². The maximum Gasteiger partial charge on any atom is 0.128 e. The third-order valence-electron chi connectivity index (χ3n) is 1.44. The first-order valence-corrected chi connectivity index (χ1v) is 3.39. The highest BCUT2D eigenvalue weighted by Crippen LogP contribution is 2.16. The third-order valence-corrected chi connectivity index (χ3v) is 1.44. The Morgan fingerprint density at radius 3 is 2.80 bits per heavy atom. The standard InChI is InChI=1S/C7H12N2O/c1-5(2)7-6(3-8)4-10-9-7/h4-5H,3,8H2,1-2H3. The molecule has 0 unspecified atom stereocenters. The summed E-state index contributed by atoms with van der Waals surface area (Å²) in [5.41, 5.74) is 7.42. The minimum absolute atomic E-state index is 0.400. The van der Waals surface area contributed by atoms with E-state index in [1.807, 2.05) is 0 Å². The van der Waals surface area contributed by atoms with Gasteiger partial charge in [0.15, 0.2) is 0 Å². The quantitative estimate of drug-likeness (QED) is 0.672. The van der Waals surface area contributed by atoms with Crippen molar-refractivity contribution in [2.45, 2.75) is 26.3 Å². The molecule has 0 atom stereocenters. The van der Waals surface area contributed by atoms with Crippen LogP contribution in [0.1, 0.15) is 31.0 Å². The fourth-order valence-electron chi connectivity index (χ4n) is 0.895. The number of aromatic nitrogens is 1. The zero-order chi connectivity index (χ0) is 7.56. The molecule has 0 bridgehead atoms. The minimum Gasteiger partial charge on any atom is -0.364 e. The molecule has 1 aromatic heterocycles. The summed E-state index contributed by atoms with van der Waals surface area (Å²) >= 11 is 0. The summed E-state index contributed by atoms with van der Waals surface area (Å²) in [6.45, 7) is 4.64. The van der Waals surface area contributed by atoms with Crippen LogP contribution in [0.25, 0.3) is 0 Å². The molecule has 0 fully saturated rings. The van der Waals surface area contributed by atoms with Crippen molar-refractivity contribution in [3.63, 3.8) is 0 Å². The van der Waals surface area contributed by atoms with Gasteiger partial charge in [0.1, 0.15) is 6.26 Å². The summed E-state index contributed by atoms with van der Waals surface area (Å²) in [6.07, 6.45) is 1.61. The molecule has 10 heavy (non-hydrogen) atoms. The van der Waals surface area contributed by atoms with Gasteiger partial charge in [0.05, 0.1) is 5.69 Å². The van der Waals surface area contributed by atoms with E-state index in [4.69, 9.17) is 10.3 Å². The molecule has 0 aromatic carbocycles. The van der Waals surface area contributed by atoms with E-state index >= 15 is 0 Å². The van der Waals surface area contributed by atoms with E-state index in [0.717, 1.165) is 11.3 Å². The first-order chi connectivity index (χ1) is 4.75. The summed E-state index contributed by atoms with van der Waals surface area (Å²) in [5, 5.41) is 3.83. The summed E-state index contributed by atoms with van der Waals surface area (Å²) in [7, 11) is 0. The lowest BCUT2D eigenvalue weighted by molar-refractivity contribution is 0.408. The lowest BCUT2D eigenvalue weighted by Crippen LogP contribution is -2.00. The van der Waals surface area contributed by atoms with Gasteiger partial charge in [0.2, 0.25) is 0 Å². The van der Waals surface area contributed by atoms with Crippen LogP contribution in [0.15, 0.2) is 10.8 Å². The summed E-state index contributed by atoms with van der Waals surface area (Å²) < 4.78 is 4.77. The largest absolute Gasteiger partial charge is 0.364 e. The van der Waals surface area contributed by atoms with Gasteiger partial charge in [0.25, 0.3) is 0 Å². The van der Waals surface area contributed by atoms with Gasteiger partial charge in [-0.1, -0.05) is 19.0 Å². The second-order valence-corrected chi connectivity index (χ2v) is 2.58. The molecule has 0 amide bonds. The molecule has 0 aliphatic rings. The highest BCUT2D eigenvalue weighted by atomic mass is 16.5. The van der Waals surface area contributed by atoms with Crippen LogP contribution >= 0.6 is 0 Å². The fourth-order valence-corrected chi connectivity index (χ4v) is 0.895. The van der Waals surface area contributed by atoms with Crippen molar-refractivity contribution in [2.24, 2.45) is 5.73 Å². The van der Waals surface area contributed by atoms with E-state index in [1.165, 1.54) is 0 Å². The highest BCUT2D eigenvalue weighted by Gasteiger charge is 2.08. The Bertz CT molecular complexity index is 205. The van der Waals surface area contributed by atoms with Gasteiger partial charge in [-0.3, -0.25) is 0 Å². The Balaban J connectivity index is 2.90. The molecule has 0 radical (unpaired) electrons. The number of nitrogens with zero attached hydrogens (tertiary/aromatic N) is 1. The van der Waals surface area contributed by atoms with Crippen molar-refractivity contribution in [1.82, 2.24) is 5.16 Å². The number of hydrogen-bond donors (Lipinski definition) is 1. The van der Waals surface area contributed by atoms with Gasteiger partial charge in [-0.05, 0) is 5.92 Å². The van der Waals surface area contributed by atoms with Crippen LogP contribution in [-0.4, -0.2) is 5.16 Å².